The van der Waals surface area contributed by atoms with E-state index in [1.54, 1.807) is 0 Å². The summed E-state index contributed by atoms with van der Waals surface area (Å²) in [5, 5.41) is 1.44. The molecule has 1 saturated carbocycles. The predicted octanol–water partition coefficient (Wildman–Crippen LogP) is 2.35. The molecule has 0 radical (unpaired) electrons. The molecule has 4 heterocycles. The largest absolute Gasteiger partial charge is 0.421 e. The molecule has 3 aromatic rings. The summed E-state index contributed by atoms with van der Waals surface area (Å²) in [6, 6.07) is 0.446. The van der Waals surface area contributed by atoms with E-state index in [1.807, 2.05) is 6.92 Å². The average molecular weight is 414 g/mol. The summed E-state index contributed by atoms with van der Waals surface area (Å²) in [6.45, 7) is 5.12. The van der Waals surface area contributed by atoms with E-state index in [9.17, 15) is 4.79 Å². The highest BCUT2D eigenvalue weighted by atomic mass is 35.5. The Hall–Kier alpha value is -2.78. The fourth-order valence-electron chi connectivity index (χ4n) is 3.99. The first-order valence-corrected chi connectivity index (χ1v) is 9.93. The molecule has 3 aromatic heterocycles. The van der Waals surface area contributed by atoms with E-state index < -0.39 is 0 Å². The van der Waals surface area contributed by atoms with Crippen molar-refractivity contribution < 1.29 is 9.53 Å². The fraction of sp³-hybridized carbons (Fsp3) is 0.421. The summed E-state index contributed by atoms with van der Waals surface area (Å²) >= 11 is 6.62. The third-order valence-corrected chi connectivity index (χ3v) is 6.11. The number of fused-ring (bicyclic) bond motifs is 2. The first-order chi connectivity index (χ1) is 14.0. The first kappa shape index (κ1) is 18.3. The van der Waals surface area contributed by atoms with Crippen molar-refractivity contribution in [1.29, 1.82) is 0 Å². The second kappa shape index (κ2) is 6.64. The minimum Gasteiger partial charge on any atom is -0.421 e. The van der Waals surface area contributed by atoms with Crippen molar-refractivity contribution in [3.05, 3.63) is 28.9 Å². The molecule has 1 saturated heterocycles. The zero-order valence-corrected chi connectivity index (χ0v) is 16.8. The van der Waals surface area contributed by atoms with Crippen LogP contribution in [-0.4, -0.2) is 49.8 Å². The number of aromatic nitrogens is 5. The van der Waals surface area contributed by atoms with Crippen molar-refractivity contribution in [1.82, 2.24) is 24.9 Å². The zero-order valence-electron chi connectivity index (χ0n) is 16.0. The molecule has 0 bridgehead atoms. The highest BCUT2D eigenvalue weighted by Gasteiger charge is 2.54. The van der Waals surface area contributed by atoms with Gasteiger partial charge in [-0.05, 0) is 18.3 Å². The number of anilines is 1. The maximum atomic E-state index is 11.3. The van der Waals surface area contributed by atoms with Crippen LogP contribution in [0.5, 0.6) is 11.8 Å². The number of hydrogen-bond acceptors (Lipinski definition) is 8. The van der Waals surface area contributed by atoms with Gasteiger partial charge in [0.2, 0.25) is 0 Å². The van der Waals surface area contributed by atoms with Crippen LogP contribution in [0.1, 0.15) is 30.2 Å². The van der Waals surface area contributed by atoms with E-state index in [1.165, 1.54) is 19.3 Å². The number of carbonyl (C=O) groups is 1. The molecule has 0 amide bonds. The Labute approximate surface area is 171 Å². The number of nitrogens with one attached hydrogen (secondary N) is 1. The molecule has 9 nitrogen and oxygen atoms in total. The Kier molecular flexibility index (Phi) is 4.18. The number of nitrogens with two attached hydrogens (primary N) is 1. The van der Waals surface area contributed by atoms with Crippen LogP contribution in [0.25, 0.3) is 11.0 Å². The summed E-state index contributed by atoms with van der Waals surface area (Å²) in [7, 11) is 0. The number of ether oxygens (including phenoxy) is 1. The van der Waals surface area contributed by atoms with E-state index >= 15 is 0 Å². The highest BCUT2D eigenvalue weighted by molar-refractivity contribution is 6.37. The third-order valence-electron chi connectivity index (χ3n) is 5.69. The van der Waals surface area contributed by atoms with E-state index in [-0.39, 0.29) is 23.7 Å². The molecule has 1 aliphatic heterocycles. The molecule has 1 aliphatic carbocycles. The molecule has 3 N–H and O–H groups in total. The van der Waals surface area contributed by atoms with Crippen molar-refractivity contribution >= 4 is 34.2 Å². The van der Waals surface area contributed by atoms with Gasteiger partial charge in [0, 0.05) is 31.7 Å². The van der Waals surface area contributed by atoms with E-state index in [0.29, 0.717) is 28.3 Å². The lowest BCUT2D eigenvalue weighted by Crippen LogP contribution is -2.29. The van der Waals surface area contributed by atoms with Crippen molar-refractivity contribution in [2.75, 3.05) is 18.0 Å². The lowest BCUT2D eigenvalue weighted by atomic mass is 10.2. The monoisotopic (exact) mass is 413 g/mol. The summed E-state index contributed by atoms with van der Waals surface area (Å²) in [4.78, 5) is 33.9. The van der Waals surface area contributed by atoms with Crippen LogP contribution in [0, 0.1) is 11.8 Å². The van der Waals surface area contributed by atoms with Crippen LogP contribution in [0.3, 0.4) is 0 Å². The molecule has 2 atom stereocenters. The standard InChI is InChI=1S/C19H20ClN7O2/c1-3-12-14(20)13-17(24-12)25-19(29-9-4-22-16(8(2)28)23-5-9)26-18(13)27-6-10-11(7-27)15(10)21/h4-5,10-11,15H,3,6-7,21H2,1-2H3,(H,24,25,26). The van der Waals surface area contributed by atoms with Crippen LogP contribution in [0.2, 0.25) is 5.02 Å². The van der Waals surface area contributed by atoms with Gasteiger partial charge in [0.1, 0.15) is 11.5 Å². The lowest BCUT2D eigenvalue weighted by molar-refractivity contribution is 0.100. The quantitative estimate of drug-likeness (QED) is 0.611. The highest BCUT2D eigenvalue weighted by Crippen LogP contribution is 2.47. The van der Waals surface area contributed by atoms with Gasteiger partial charge in [0.15, 0.2) is 17.4 Å². The molecular formula is C19H20ClN7O2. The van der Waals surface area contributed by atoms with Crippen LogP contribution >= 0.6 is 11.6 Å². The molecule has 2 unspecified atom stereocenters. The van der Waals surface area contributed by atoms with Gasteiger partial charge in [-0.3, -0.25) is 4.79 Å². The van der Waals surface area contributed by atoms with Gasteiger partial charge in [0.25, 0.3) is 0 Å². The number of carbonyl (C=O) groups excluding carboxylic acids is 1. The zero-order chi connectivity index (χ0) is 20.3. The minimum atomic E-state index is -0.213. The second-order valence-corrected chi connectivity index (χ2v) is 7.91. The van der Waals surface area contributed by atoms with Crippen molar-refractivity contribution in [3.8, 4) is 11.8 Å². The van der Waals surface area contributed by atoms with Gasteiger partial charge in [-0.25, -0.2) is 9.97 Å². The maximum absolute atomic E-state index is 11.3. The molecule has 29 heavy (non-hydrogen) atoms. The molecule has 150 valence electrons. The van der Waals surface area contributed by atoms with E-state index in [2.05, 4.69) is 29.8 Å². The van der Waals surface area contributed by atoms with Crippen LogP contribution in [-0.2, 0) is 6.42 Å². The SMILES string of the molecule is CCc1[nH]c2nc(Oc3cnc(C(C)=O)nc3)nc(N3CC4C(N)C4C3)c2c1Cl. The number of piperidine rings is 1. The molecule has 5 rings (SSSR count). The molecule has 2 aliphatic rings. The topological polar surface area (TPSA) is 123 Å². The Balaban J connectivity index is 1.53. The van der Waals surface area contributed by atoms with Gasteiger partial charge in [0.05, 0.1) is 22.8 Å². The number of nitrogens with zero attached hydrogens (tertiary/aromatic N) is 5. The van der Waals surface area contributed by atoms with E-state index in [0.717, 1.165) is 36.4 Å². The van der Waals surface area contributed by atoms with Gasteiger partial charge >= 0.3 is 6.01 Å². The smallest absolute Gasteiger partial charge is 0.326 e. The van der Waals surface area contributed by atoms with Crippen LogP contribution in [0.4, 0.5) is 5.82 Å². The number of Topliss-reactive ketones (excluding diaryl/α,β-unsaturated/α-hetero) is 1. The second-order valence-electron chi connectivity index (χ2n) is 7.54. The number of rotatable bonds is 5. The van der Waals surface area contributed by atoms with Crippen molar-refractivity contribution in [2.24, 2.45) is 17.6 Å². The Morgan fingerprint density at radius 3 is 2.62 bits per heavy atom. The summed E-state index contributed by atoms with van der Waals surface area (Å²) in [5.74, 6) is 2.01. The Morgan fingerprint density at radius 1 is 1.31 bits per heavy atom. The van der Waals surface area contributed by atoms with Crippen LogP contribution < -0.4 is 15.4 Å². The first-order valence-electron chi connectivity index (χ1n) is 9.55. The number of aryl methyl sites for hydroxylation is 1. The summed E-state index contributed by atoms with van der Waals surface area (Å²) < 4.78 is 5.79. The third kappa shape index (κ3) is 3.01. The maximum Gasteiger partial charge on any atom is 0.326 e. The van der Waals surface area contributed by atoms with Gasteiger partial charge in [-0.1, -0.05) is 18.5 Å². The molecule has 0 spiro atoms. The molecular weight excluding hydrogens is 394 g/mol. The lowest BCUT2D eigenvalue weighted by Gasteiger charge is -2.21. The Morgan fingerprint density at radius 2 is 2.00 bits per heavy atom. The van der Waals surface area contributed by atoms with Crippen LogP contribution in [0.15, 0.2) is 12.4 Å². The van der Waals surface area contributed by atoms with Crippen molar-refractivity contribution in [2.45, 2.75) is 26.3 Å². The average Bonchev–Trinajstić information content (AvgIpc) is 3.06. The van der Waals surface area contributed by atoms with Gasteiger partial charge < -0.3 is 20.4 Å². The summed E-state index contributed by atoms with van der Waals surface area (Å²) in [6.07, 6.45) is 3.61. The molecule has 0 aromatic carbocycles. The predicted molar refractivity (Wildman–Crippen MR) is 108 cm³/mol. The van der Waals surface area contributed by atoms with E-state index in [4.69, 9.17) is 22.1 Å². The molecule has 2 fully saturated rings. The molecule has 10 heteroatoms. The number of halogens is 1. The normalized spacial score (nSPS) is 22.8. The number of ketones is 1. The van der Waals surface area contributed by atoms with Gasteiger partial charge in [-0.2, -0.15) is 9.97 Å². The number of aromatic amines is 1. The Bertz CT molecular complexity index is 1100. The van der Waals surface area contributed by atoms with Crippen molar-refractivity contribution in [3.63, 3.8) is 0 Å². The number of H-pyrrole nitrogens is 1. The fourth-order valence-corrected chi connectivity index (χ4v) is 4.34. The van der Waals surface area contributed by atoms with Gasteiger partial charge in [-0.15, -0.1) is 0 Å². The summed E-state index contributed by atoms with van der Waals surface area (Å²) in [5.41, 5.74) is 7.62. The minimum absolute atomic E-state index is 0.130. The number of hydrogen-bond donors (Lipinski definition) is 2.